The van der Waals surface area contributed by atoms with Crippen molar-refractivity contribution in [2.24, 2.45) is 13.0 Å². The molecule has 1 aromatic heterocycles. The van der Waals surface area contributed by atoms with Gasteiger partial charge in [-0.15, -0.1) is 6.58 Å². The Kier molecular flexibility index (Phi) is 9.69. The zero-order chi connectivity index (χ0) is 26.9. The maximum absolute atomic E-state index is 6.49. The number of aryl methyl sites for hydroxylation is 1. The summed E-state index contributed by atoms with van der Waals surface area (Å²) in [7, 11) is 3.90. The topological polar surface area (TPSA) is 34.4 Å². The monoisotopic (exact) mass is 509 g/mol. The number of aromatic nitrogens is 1. The van der Waals surface area contributed by atoms with Crippen LogP contribution in [-0.4, -0.2) is 32.5 Å². The molecule has 0 amide bonds. The number of benzene rings is 3. The van der Waals surface area contributed by atoms with Gasteiger partial charge in [0.15, 0.2) is 0 Å². The van der Waals surface area contributed by atoms with Crippen molar-refractivity contribution in [1.29, 1.82) is 0 Å². The maximum atomic E-state index is 6.49. The molecule has 38 heavy (non-hydrogen) atoms. The minimum absolute atomic E-state index is 0.0870. The molecule has 1 N–H and O–H groups in total. The zero-order valence-corrected chi connectivity index (χ0v) is 23.1. The Morgan fingerprint density at radius 1 is 0.868 bits per heavy atom. The molecule has 1 heterocycles. The average molecular weight is 510 g/mol. The molecule has 3 aromatic carbocycles. The standard InChI is InChI=1S/C34H41N2O2/c1-6-27(23-35-29-15-8-7-9-16-29)32(24-38-26(3)22-25(2)37-5)30-17-11-12-18-31(30)34-21-20-28-14-10-13-19-33(28)36(34)4/h6-21,25-27,32,35H,1,22-24H2,2-5H3/q+1. The first kappa shape index (κ1) is 27.6. The summed E-state index contributed by atoms with van der Waals surface area (Å²) in [5.41, 5.74) is 5.99. The van der Waals surface area contributed by atoms with Crippen LogP contribution in [0.15, 0.2) is 104 Å². The molecule has 4 atom stereocenters. The molecule has 0 aliphatic heterocycles. The van der Waals surface area contributed by atoms with Crippen molar-refractivity contribution in [2.75, 3.05) is 25.6 Å². The number of para-hydroxylation sites is 2. The van der Waals surface area contributed by atoms with Crippen LogP contribution in [0.2, 0.25) is 0 Å². The molecule has 198 valence electrons. The van der Waals surface area contributed by atoms with Crippen LogP contribution in [0.5, 0.6) is 0 Å². The van der Waals surface area contributed by atoms with E-state index in [0.29, 0.717) is 6.61 Å². The number of pyridine rings is 1. The van der Waals surface area contributed by atoms with Gasteiger partial charge in [0.05, 0.1) is 18.8 Å². The highest BCUT2D eigenvalue weighted by molar-refractivity contribution is 5.78. The molecule has 4 heteroatoms. The Hall–Kier alpha value is -3.47. The molecular formula is C34H41N2O2+. The van der Waals surface area contributed by atoms with E-state index in [1.807, 2.05) is 6.07 Å². The van der Waals surface area contributed by atoms with E-state index >= 15 is 0 Å². The third kappa shape index (κ3) is 6.69. The van der Waals surface area contributed by atoms with Gasteiger partial charge >= 0.3 is 0 Å². The van der Waals surface area contributed by atoms with Gasteiger partial charge in [0.1, 0.15) is 7.05 Å². The van der Waals surface area contributed by atoms with E-state index in [1.165, 1.54) is 27.7 Å². The average Bonchev–Trinajstić information content (AvgIpc) is 2.95. The molecule has 0 spiro atoms. The molecule has 0 saturated heterocycles. The predicted molar refractivity (Wildman–Crippen MR) is 158 cm³/mol. The van der Waals surface area contributed by atoms with Gasteiger partial charge in [0.25, 0.3) is 0 Å². The molecule has 4 rings (SSSR count). The van der Waals surface area contributed by atoms with E-state index in [4.69, 9.17) is 9.47 Å². The van der Waals surface area contributed by atoms with Gasteiger partial charge in [-0.05, 0) is 56.2 Å². The van der Waals surface area contributed by atoms with Crippen molar-refractivity contribution in [2.45, 2.75) is 38.4 Å². The van der Waals surface area contributed by atoms with Crippen molar-refractivity contribution >= 4 is 16.6 Å². The number of nitrogens with one attached hydrogen (secondary N) is 1. The number of fused-ring (bicyclic) bond motifs is 1. The Bertz CT molecular complexity index is 1320. The molecule has 0 bridgehead atoms. The van der Waals surface area contributed by atoms with Gasteiger partial charge in [-0.1, -0.05) is 54.6 Å². The Balaban J connectivity index is 1.70. The number of rotatable bonds is 13. The smallest absolute Gasteiger partial charge is 0.213 e. The summed E-state index contributed by atoms with van der Waals surface area (Å²) in [5.74, 6) is 0.279. The fourth-order valence-electron chi connectivity index (χ4n) is 5.19. The predicted octanol–water partition coefficient (Wildman–Crippen LogP) is 7.16. The highest BCUT2D eigenvalue weighted by Crippen LogP contribution is 2.34. The number of methoxy groups -OCH3 is 1. The van der Waals surface area contributed by atoms with Crippen molar-refractivity contribution in [1.82, 2.24) is 0 Å². The second-order valence-electron chi connectivity index (χ2n) is 10.1. The van der Waals surface area contributed by atoms with Gasteiger partial charge in [0, 0.05) is 54.3 Å². The third-order valence-corrected chi connectivity index (χ3v) is 7.48. The van der Waals surface area contributed by atoms with Gasteiger partial charge < -0.3 is 14.8 Å². The second-order valence-corrected chi connectivity index (χ2v) is 10.1. The molecule has 0 aliphatic carbocycles. The minimum atomic E-state index is 0.0870. The lowest BCUT2D eigenvalue weighted by Gasteiger charge is -2.29. The van der Waals surface area contributed by atoms with Crippen LogP contribution in [-0.2, 0) is 16.5 Å². The molecule has 4 aromatic rings. The largest absolute Gasteiger partial charge is 0.384 e. The molecule has 0 fully saturated rings. The summed E-state index contributed by atoms with van der Waals surface area (Å²) in [5, 5.41) is 4.85. The quantitative estimate of drug-likeness (QED) is 0.153. The van der Waals surface area contributed by atoms with Gasteiger partial charge in [-0.25, -0.2) is 0 Å². The van der Waals surface area contributed by atoms with Crippen LogP contribution in [0.25, 0.3) is 22.2 Å². The maximum Gasteiger partial charge on any atom is 0.213 e. The fraction of sp³-hybridized carbons (Fsp3) is 0.324. The second kappa shape index (κ2) is 13.4. The van der Waals surface area contributed by atoms with E-state index in [9.17, 15) is 0 Å². The molecule has 0 saturated carbocycles. The first-order valence-corrected chi connectivity index (χ1v) is 13.5. The minimum Gasteiger partial charge on any atom is -0.384 e. The van der Waals surface area contributed by atoms with Crippen molar-refractivity contribution in [3.8, 4) is 11.3 Å². The van der Waals surface area contributed by atoms with E-state index < -0.39 is 0 Å². The lowest BCUT2D eigenvalue weighted by molar-refractivity contribution is -0.633. The summed E-state index contributed by atoms with van der Waals surface area (Å²) in [6, 6.07) is 32.0. The zero-order valence-electron chi connectivity index (χ0n) is 23.1. The summed E-state index contributed by atoms with van der Waals surface area (Å²) in [4.78, 5) is 0. The van der Waals surface area contributed by atoms with Crippen LogP contribution in [0, 0.1) is 5.92 Å². The van der Waals surface area contributed by atoms with Crippen LogP contribution >= 0.6 is 0 Å². The number of hydrogen-bond donors (Lipinski definition) is 1. The first-order chi connectivity index (χ1) is 18.5. The number of ether oxygens (including phenoxy) is 2. The van der Waals surface area contributed by atoms with E-state index in [2.05, 4.69) is 128 Å². The fourth-order valence-corrected chi connectivity index (χ4v) is 5.19. The molecule has 4 nitrogen and oxygen atoms in total. The number of anilines is 1. The van der Waals surface area contributed by atoms with Crippen LogP contribution < -0.4 is 9.88 Å². The van der Waals surface area contributed by atoms with Crippen molar-refractivity contribution in [3.63, 3.8) is 0 Å². The lowest BCUT2D eigenvalue weighted by atomic mass is 9.83. The molecule has 0 aliphatic rings. The normalized spacial score (nSPS) is 14.5. The summed E-state index contributed by atoms with van der Waals surface area (Å²) >= 11 is 0. The SMILES string of the molecule is C=CC(CNc1ccccc1)C(COC(C)CC(C)OC)c1ccccc1-c1ccc2ccccc2[n+]1C. The summed E-state index contributed by atoms with van der Waals surface area (Å²) in [6.45, 7) is 9.83. The van der Waals surface area contributed by atoms with E-state index in [0.717, 1.165) is 18.7 Å². The molecular weight excluding hydrogens is 468 g/mol. The van der Waals surface area contributed by atoms with Crippen LogP contribution in [0.3, 0.4) is 0 Å². The van der Waals surface area contributed by atoms with Gasteiger partial charge in [-0.3, -0.25) is 0 Å². The Morgan fingerprint density at radius 2 is 1.58 bits per heavy atom. The highest BCUT2D eigenvalue weighted by atomic mass is 16.5. The van der Waals surface area contributed by atoms with Crippen molar-refractivity contribution in [3.05, 3.63) is 109 Å². The van der Waals surface area contributed by atoms with Crippen LogP contribution in [0.4, 0.5) is 5.69 Å². The van der Waals surface area contributed by atoms with E-state index in [-0.39, 0.29) is 24.0 Å². The Morgan fingerprint density at radius 3 is 2.34 bits per heavy atom. The van der Waals surface area contributed by atoms with Gasteiger partial charge in [-0.2, -0.15) is 4.57 Å². The molecule has 4 unspecified atom stereocenters. The molecule has 0 radical (unpaired) electrons. The van der Waals surface area contributed by atoms with Gasteiger partial charge in [0.2, 0.25) is 11.2 Å². The highest BCUT2D eigenvalue weighted by Gasteiger charge is 2.27. The summed E-state index contributed by atoms with van der Waals surface area (Å²) < 4.78 is 14.3. The van der Waals surface area contributed by atoms with Crippen molar-refractivity contribution < 1.29 is 14.0 Å². The lowest BCUT2D eigenvalue weighted by Crippen LogP contribution is -2.33. The van der Waals surface area contributed by atoms with E-state index in [1.54, 1.807) is 7.11 Å². The summed E-state index contributed by atoms with van der Waals surface area (Å²) in [6.07, 6.45) is 3.17. The van der Waals surface area contributed by atoms with Crippen LogP contribution in [0.1, 0.15) is 31.7 Å². The number of hydrogen-bond acceptors (Lipinski definition) is 3. The third-order valence-electron chi connectivity index (χ3n) is 7.48. The first-order valence-electron chi connectivity index (χ1n) is 13.5. The Labute approximate surface area is 227 Å². The number of nitrogens with zero attached hydrogens (tertiary/aromatic N) is 1.